The molecule has 6 nitrogen and oxygen atoms in total. The van der Waals surface area contributed by atoms with Gasteiger partial charge < -0.3 is 11.1 Å². The van der Waals surface area contributed by atoms with Gasteiger partial charge in [-0.3, -0.25) is 9.69 Å². The van der Waals surface area contributed by atoms with E-state index in [1.807, 2.05) is 0 Å². The highest BCUT2D eigenvalue weighted by atomic mass is 32.2. The van der Waals surface area contributed by atoms with Crippen molar-refractivity contribution in [2.75, 3.05) is 25.4 Å². The SMILES string of the molecule is NC(=S)CN1CCC(NC(=O)C2CCCCS2(=O)=O)CC1. The van der Waals surface area contributed by atoms with Crippen LogP contribution in [0.5, 0.6) is 0 Å². The lowest BCUT2D eigenvalue weighted by Crippen LogP contribution is -2.50. The van der Waals surface area contributed by atoms with E-state index in [0.717, 1.165) is 32.4 Å². The summed E-state index contributed by atoms with van der Waals surface area (Å²) in [5.41, 5.74) is 5.52. The van der Waals surface area contributed by atoms with Gasteiger partial charge in [-0.2, -0.15) is 0 Å². The van der Waals surface area contributed by atoms with Crippen LogP contribution in [0, 0.1) is 0 Å². The van der Waals surface area contributed by atoms with Crippen molar-refractivity contribution in [1.29, 1.82) is 0 Å². The summed E-state index contributed by atoms with van der Waals surface area (Å²) < 4.78 is 23.9. The summed E-state index contributed by atoms with van der Waals surface area (Å²) in [6.07, 6.45) is 3.55. The minimum absolute atomic E-state index is 0.0530. The van der Waals surface area contributed by atoms with Crippen molar-refractivity contribution in [3.05, 3.63) is 0 Å². The summed E-state index contributed by atoms with van der Waals surface area (Å²) in [5.74, 6) is -0.181. The van der Waals surface area contributed by atoms with Gasteiger partial charge in [0.05, 0.1) is 10.7 Å². The Balaban J connectivity index is 1.83. The lowest BCUT2D eigenvalue weighted by molar-refractivity contribution is -0.121. The number of carbonyl (C=O) groups excluding carboxylic acids is 1. The summed E-state index contributed by atoms with van der Waals surface area (Å²) in [6.45, 7) is 2.24. The summed E-state index contributed by atoms with van der Waals surface area (Å²) in [4.78, 5) is 14.8. The van der Waals surface area contributed by atoms with Crippen molar-refractivity contribution in [2.24, 2.45) is 5.73 Å². The van der Waals surface area contributed by atoms with Gasteiger partial charge in [0.2, 0.25) is 5.91 Å². The fraction of sp³-hybridized carbons (Fsp3) is 0.846. The molecule has 0 aromatic carbocycles. The van der Waals surface area contributed by atoms with Crippen LogP contribution in [-0.2, 0) is 14.6 Å². The van der Waals surface area contributed by atoms with E-state index in [1.54, 1.807) is 0 Å². The quantitative estimate of drug-likeness (QED) is 0.694. The summed E-state index contributed by atoms with van der Waals surface area (Å²) in [6, 6.07) is 0.0530. The zero-order chi connectivity index (χ0) is 15.5. The summed E-state index contributed by atoms with van der Waals surface area (Å²) in [5, 5.41) is 2.06. The lowest BCUT2D eigenvalue weighted by Gasteiger charge is -2.33. The van der Waals surface area contributed by atoms with Crippen molar-refractivity contribution in [3.63, 3.8) is 0 Å². The molecule has 8 heteroatoms. The molecular formula is C13H23N3O3S2. The van der Waals surface area contributed by atoms with E-state index in [2.05, 4.69) is 10.2 Å². The first-order chi connectivity index (χ1) is 9.88. The highest BCUT2D eigenvalue weighted by Gasteiger charge is 2.35. The van der Waals surface area contributed by atoms with E-state index in [0.29, 0.717) is 24.4 Å². The van der Waals surface area contributed by atoms with Gasteiger partial charge in [0.15, 0.2) is 9.84 Å². The van der Waals surface area contributed by atoms with Crippen LogP contribution in [0.15, 0.2) is 0 Å². The first-order valence-corrected chi connectivity index (χ1v) is 9.53. The molecule has 1 amide bonds. The third kappa shape index (κ3) is 4.62. The van der Waals surface area contributed by atoms with E-state index >= 15 is 0 Å². The van der Waals surface area contributed by atoms with Crippen LogP contribution in [0.1, 0.15) is 32.1 Å². The Morgan fingerprint density at radius 1 is 1.24 bits per heavy atom. The number of nitrogens with two attached hydrogens (primary N) is 1. The maximum atomic E-state index is 12.2. The molecule has 0 aromatic rings. The number of thiocarbonyl (C=S) groups is 1. The second-order valence-electron chi connectivity index (χ2n) is 5.88. The summed E-state index contributed by atoms with van der Waals surface area (Å²) in [7, 11) is -3.26. The Hall–Kier alpha value is -0.730. The molecule has 0 spiro atoms. The smallest absolute Gasteiger partial charge is 0.238 e. The molecule has 21 heavy (non-hydrogen) atoms. The van der Waals surface area contributed by atoms with Gasteiger partial charge in [-0.05, 0) is 25.7 Å². The average Bonchev–Trinajstić information content (AvgIpc) is 2.39. The Morgan fingerprint density at radius 3 is 2.48 bits per heavy atom. The normalized spacial score (nSPS) is 27.1. The number of hydrogen-bond acceptors (Lipinski definition) is 5. The van der Waals surface area contributed by atoms with E-state index in [1.165, 1.54) is 0 Å². The molecule has 0 aromatic heterocycles. The first kappa shape index (κ1) is 16.6. The number of nitrogens with one attached hydrogen (secondary N) is 1. The standard InChI is InChI=1S/C13H23N3O3S2/c14-12(20)9-16-6-4-10(5-7-16)15-13(17)11-3-1-2-8-21(11,18)19/h10-11H,1-9H2,(H2,14,20)(H,15,17). The van der Waals surface area contributed by atoms with Gasteiger partial charge in [-0.1, -0.05) is 18.6 Å². The van der Waals surface area contributed by atoms with Crippen LogP contribution in [0.3, 0.4) is 0 Å². The number of nitrogens with zero attached hydrogens (tertiary/aromatic N) is 1. The number of sulfone groups is 1. The predicted octanol–water partition coefficient (Wildman–Crippen LogP) is -0.180. The predicted molar refractivity (Wildman–Crippen MR) is 85.8 cm³/mol. The highest BCUT2D eigenvalue weighted by molar-refractivity contribution is 7.92. The number of likely N-dealkylation sites (tertiary alicyclic amines) is 1. The van der Waals surface area contributed by atoms with Crippen molar-refractivity contribution in [2.45, 2.75) is 43.4 Å². The van der Waals surface area contributed by atoms with Crippen LogP contribution in [0.25, 0.3) is 0 Å². The van der Waals surface area contributed by atoms with Crippen molar-refractivity contribution < 1.29 is 13.2 Å². The number of piperidine rings is 1. The van der Waals surface area contributed by atoms with Crippen LogP contribution in [0.2, 0.25) is 0 Å². The largest absolute Gasteiger partial charge is 0.392 e. The van der Waals surface area contributed by atoms with Crippen molar-refractivity contribution in [3.8, 4) is 0 Å². The second-order valence-corrected chi connectivity index (χ2v) is 8.70. The molecule has 1 atom stereocenters. The lowest BCUT2D eigenvalue weighted by atomic mass is 10.0. The van der Waals surface area contributed by atoms with Crippen LogP contribution in [-0.4, -0.2) is 60.9 Å². The molecule has 2 aliphatic heterocycles. The van der Waals surface area contributed by atoms with E-state index < -0.39 is 15.1 Å². The number of carbonyl (C=O) groups is 1. The summed E-state index contributed by atoms with van der Waals surface area (Å²) >= 11 is 4.89. The Kier molecular flexibility index (Phi) is 5.56. The van der Waals surface area contributed by atoms with Gasteiger partial charge in [-0.15, -0.1) is 0 Å². The Morgan fingerprint density at radius 2 is 1.90 bits per heavy atom. The molecule has 0 radical (unpaired) electrons. The van der Waals surface area contributed by atoms with Crippen molar-refractivity contribution >= 4 is 33.0 Å². The highest BCUT2D eigenvalue weighted by Crippen LogP contribution is 2.20. The fourth-order valence-electron chi connectivity index (χ4n) is 3.00. The molecule has 0 aliphatic carbocycles. The van der Waals surface area contributed by atoms with Gasteiger partial charge in [0, 0.05) is 25.7 Å². The third-order valence-corrected chi connectivity index (χ3v) is 6.49. The number of rotatable bonds is 4. The van der Waals surface area contributed by atoms with Gasteiger partial charge in [0.25, 0.3) is 0 Å². The maximum absolute atomic E-state index is 12.2. The van der Waals surface area contributed by atoms with Crippen molar-refractivity contribution in [1.82, 2.24) is 10.2 Å². The molecule has 2 fully saturated rings. The minimum Gasteiger partial charge on any atom is -0.392 e. The van der Waals surface area contributed by atoms with E-state index in [4.69, 9.17) is 18.0 Å². The fourth-order valence-corrected chi connectivity index (χ4v) is 4.99. The molecule has 2 saturated heterocycles. The minimum atomic E-state index is -3.26. The zero-order valence-electron chi connectivity index (χ0n) is 12.1. The topological polar surface area (TPSA) is 92.5 Å². The molecule has 2 heterocycles. The van der Waals surface area contributed by atoms with Gasteiger partial charge >= 0.3 is 0 Å². The average molecular weight is 333 g/mol. The molecule has 3 N–H and O–H groups in total. The Labute approximate surface area is 131 Å². The Bertz CT molecular complexity index is 499. The van der Waals surface area contributed by atoms with E-state index in [9.17, 15) is 13.2 Å². The molecule has 120 valence electrons. The molecule has 0 saturated carbocycles. The molecule has 2 rings (SSSR count). The molecule has 0 bridgehead atoms. The second kappa shape index (κ2) is 7.02. The van der Waals surface area contributed by atoms with Gasteiger partial charge in [0.1, 0.15) is 5.25 Å². The molecule has 1 unspecified atom stereocenters. The molecule has 2 aliphatic rings. The van der Waals surface area contributed by atoms with Crippen LogP contribution >= 0.6 is 12.2 Å². The number of hydrogen-bond donors (Lipinski definition) is 2. The van der Waals surface area contributed by atoms with Gasteiger partial charge in [-0.25, -0.2) is 8.42 Å². The first-order valence-electron chi connectivity index (χ1n) is 7.41. The molecular weight excluding hydrogens is 310 g/mol. The maximum Gasteiger partial charge on any atom is 0.238 e. The zero-order valence-corrected chi connectivity index (χ0v) is 13.7. The van der Waals surface area contributed by atoms with Crippen LogP contribution in [0.4, 0.5) is 0 Å². The third-order valence-electron chi connectivity index (χ3n) is 4.18. The van der Waals surface area contributed by atoms with E-state index in [-0.39, 0.29) is 17.7 Å². The van der Waals surface area contributed by atoms with Crippen LogP contribution < -0.4 is 11.1 Å². The number of amides is 1. The monoisotopic (exact) mass is 333 g/mol.